The quantitative estimate of drug-likeness (QED) is 0.848. The van der Waals surface area contributed by atoms with Crippen molar-refractivity contribution in [3.63, 3.8) is 0 Å². The van der Waals surface area contributed by atoms with Crippen LogP contribution in [0.4, 0.5) is 19.0 Å². The van der Waals surface area contributed by atoms with Gasteiger partial charge < -0.3 is 10.1 Å². The number of ether oxygens (including phenoxy) is 1. The number of benzene rings is 1. The lowest BCUT2D eigenvalue weighted by Gasteiger charge is -2.07. The van der Waals surface area contributed by atoms with Gasteiger partial charge in [0.2, 0.25) is 0 Å². The van der Waals surface area contributed by atoms with Crippen LogP contribution in [0.2, 0.25) is 0 Å². The number of hydrogen-bond donors (Lipinski definition) is 2. The average molecular weight is 287 g/mol. The Kier molecular flexibility index (Phi) is 3.82. The summed E-state index contributed by atoms with van der Waals surface area (Å²) in [6, 6.07) is 3.24. The summed E-state index contributed by atoms with van der Waals surface area (Å²) >= 11 is 0. The van der Waals surface area contributed by atoms with Gasteiger partial charge >= 0.3 is 12.1 Å². The van der Waals surface area contributed by atoms with Crippen LogP contribution < -0.4 is 5.32 Å². The highest BCUT2D eigenvalue weighted by molar-refractivity contribution is 5.91. The minimum absolute atomic E-state index is 0.163. The van der Waals surface area contributed by atoms with Crippen molar-refractivity contribution in [2.24, 2.45) is 0 Å². The number of aromatic nitrogens is 2. The number of esters is 1. The predicted molar refractivity (Wildman–Crippen MR) is 66.2 cm³/mol. The summed E-state index contributed by atoms with van der Waals surface area (Å²) in [6.07, 6.45) is -4.43. The Morgan fingerprint density at radius 2 is 2.20 bits per heavy atom. The second-order valence-electron chi connectivity index (χ2n) is 3.99. The van der Waals surface area contributed by atoms with Crippen LogP contribution in [0, 0.1) is 0 Å². The maximum atomic E-state index is 12.6. The summed E-state index contributed by atoms with van der Waals surface area (Å²) in [7, 11) is 0. The number of alkyl halides is 3. The minimum atomic E-state index is -4.43. The second-order valence-corrected chi connectivity index (χ2v) is 3.99. The number of nitrogens with zero attached hydrogens (tertiary/aromatic N) is 1. The van der Waals surface area contributed by atoms with Gasteiger partial charge in [0.05, 0.1) is 17.7 Å². The highest BCUT2D eigenvalue weighted by atomic mass is 19.4. The molecule has 2 aromatic rings. The minimum Gasteiger partial charge on any atom is -0.465 e. The lowest BCUT2D eigenvalue weighted by molar-refractivity contribution is -0.141. The molecule has 5 nitrogen and oxygen atoms in total. The lowest BCUT2D eigenvalue weighted by atomic mass is 10.1. The molecule has 0 saturated carbocycles. The number of halogens is 3. The van der Waals surface area contributed by atoms with Crippen molar-refractivity contribution in [3.05, 3.63) is 23.8 Å². The van der Waals surface area contributed by atoms with E-state index in [0.717, 1.165) is 12.1 Å². The molecule has 20 heavy (non-hydrogen) atoms. The van der Waals surface area contributed by atoms with Gasteiger partial charge in [-0.25, -0.2) is 0 Å². The normalized spacial score (nSPS) is 11.6. The van der Waals surface area contributed by atoms with Crippen LogP contribution in [0.25, 0.3) is 10.9 Å². The molecule has 1 aromatic carbocycles. The number of carbonyl (C=O) groups is 1. The van der Waals surface area contributed by atoms with Crippen molar-refractivity contribution in [2.45, 2.75) is 13.1 Å². The van der Waals surface area contributed by atoms with E-state index in [0.29, 0.717) is 5.52 Å². The van der Waals surface area contributed by atoms with Crippen molar-refractivity contribution < 1.29 is 22.7 Å². The number of rotatable bonds is 4. The van der Waals surface area contributed by atoms with Gasteiger partial charge in [-0.2, -0.15) is 18.3 Å². The summed E-state index contributed by atoms with van der Waals surface area (Å²) in [4.78, 5) is 11.2. The van der Waals surface area contributed by atoms with Crippen LogP contribution in [-0.2, 0) is 15.7 Å². The lowest BCUT2D eigenvalue weighted by Crippen LogP contribution is -2.17. The van der Waals surface area contributed by atoms with Crippen molar-refractivity contribution in [1.82, 2.24) is 10.2 Å². The van der Waals surface area contributed by atoms with Crippen LogP contribution in [0.1, 0.15) is 12.5 Å². The molecule has 8 heteroatoms. The molecule has 0 bridgehead atoms. The van der Waals surface area contributed by atoms with Gasteiger partial charge in [-0.15, -0.1) is 0 Å². The molecule has 0 fully saturated rings. The third kappa shape index (κ3) is 3.01. The Morgan fingerprint density at radius 3 is 2.85 bits per heavy atom. The molecule has 2 rings (SSSR count). The number of nitrogens with one attached hydrogen (secondary N) is 2. The predicted octanol–water partition coefficient (Wildman–Crippen LogP) is 2.56. The highest BCUT2D eigenvalue weighted by Gasteiger charge is 2.30. The third-order valence-electron chi connectivity index (χ3n) is 2.60. The van der Waals surface area contributed by atoms with Crippen LogP contribution in [0.3, 0.4) is 0 Å². The van der Waals surface area contributed by atoms with E-state index < -0.39 is 17.7 Å². The first-order valence-corrected chi connectivity index (χ1v) is 5.86. The number of hydrogen-bond acceptors (Lipinski definition) is 4. The highest BCUT2D eigenvalue weighted by Crippen LogP contribution is 2.32. The molecule has 0 radical (unpaired) electrons. The fourth-order valence-electron chi connectivity index (χ4n) is 1.69. The molecular formula is C12H12F3N3O2. The van der Waals surface area contributed by atoms with E-state index in [1.165, 1.54) is 6.07 Å². The maximum absolute atomic E-state index is 12.6. The Balaban J connectivity index is 2.23. The molecule has 0 aliphatic carbocycles. The summed E-state index contributed by atoms with van der Waals surface area (Å²) in [5.41, 5.74) is -0.324. The van der Waals surface area contributed by atoms with Gasteiger partial charge in [0.1, 0.15) is 6.54 Å². The molecule has 0 unspecified atom stereocenters. The smallest absolute Gasteiger partial charge is 0.416 e. The van der Waals surface area contributed by atoms with Crippen LogP contribution >= 0.6 is 0 Å². The molecular weight excluding hydrogens is 275 g/mol. The van der Waals surface area contributed by atoms with Gasteiger partial charge in [-0.3, -0.25) is 9.89 Å². The Morgan fingerprint density at radius 1 is 1.45 bits per heavy atom. The van der Waals surface area contributed by atoms with Gasteiger partial charge in [-0.05, 0) is 25.1 Å². The first kappa shape index (κ1) is 14.2. The van der Waals surface area contributed by atoms with Crippen molar-refractivity contribution in [1.29, 1.82) is 0 Å². The van der Waals surface area contributed by atoms with Gasteiger partial charge in [0.25, 0.3) is 0 Å². The maximum Gasteiger partial charge on any atom is 0.416 e. The molecule has 0 aliphatic heterocycles. The zero-order chi connectivity index (χ0) is 14.8. The van der Waals surface area contributed by atoms with Crippen LogP contribution in [0.15, 0.2) is 18.2 Å². The fourth-order valence-corrected chi connectivity index (χ4v) is 1.69. The monoisotopic (exact) mass is 287 g/mol. The summed E-state index contributed by atoms with van der Waals surface area (Å²) in [5, 5.41) is 9.34. The fraction of sp³-hybridized carbons (Fsp3) is 0.333. The molecule has 1 aromatic heterocycles. The number of fused-ring (bicyclic) bond motifs is 1. The average Bonchev–Trinajstić information content (AvgIpc) is 2.78. The first-order chi connectivity index (χ1) is 9.41. The van der Waals surface area contributed by atoms with E-state index in [1.807, 2.05) is 0 Å². The summed E-state index contributed by atoms with van der Waals surface area (Å²) in [6.45, 7) is 1.74. The summed E-state index contributed by atoms with van der Waals surface area (Å²) < 4.78 is 42.6. The zero-order valence-corrected chi connectivity index (χ0v) is 10.5. The van der Waals surface area contributed by atoms with Crippen LogP contribution in [-0.4, -0.2) is 29.3 Å². The van der Waals surface area contributed by atoms with Gasteiger partial charge in [0, 0.05) is 5.39 Å². The number of carbonyl (C=O) groups excluding carboxylic acids is 1. The Labute approximate surface area is 112 Å². The van der Waals surface area contributed by atoms with E-state index in [-0.39, 0.29) is 24.4 Å². The molecule has 2 N–H and O–H groups in total. The topological polar surface area (TPSA) is 67.0 Å². The van der Waals surface area contributed by atoms with E-state index in [1.54, 1.807) is 6.92 Å². The van der Waals surface area contributed by atoms with E-state index in [9.17, 15) is 18.0 Å². The van der Waals surface area contributed by atoms with E-state index in [4.69, 9.17) is 4.74 Å². The van der Waals surface area contributed by atoms with Gasteiger partial charge in [-0.1, -0.05) is 0 Å². The molecule has 0 atom stereocenters. The Hall–Kier alpha value is -2.25. The Bertz CT molecular complexity index is 622. The van der Waals surface area contributed by atoms with Gasteiger partial charge in [0.15, 0.2) is 5.82 Å². The molecule has 0 aliphatic rings. The molecule has 108 valence electrons. The van der Waals surface area contributed by atoms with Crippen molar-refractivity contribution >= 4 is 22.7 Å². The largest absolute Gasteiger partial charge is 0.465 e. The molecule has 0 spiro atoms. The molecule has 1 heterocycles. The second kappa shape index (κ2) is 5.40. The number of aromatic amines is 1. The number of anilines is 1. The zero-order valence-electron chi connectivity index (χ0n) is 10.5. The molecule has 0 amide bonds. The van der Waals surface area contributed by atoms with Crippen molar-refractivity contribution in [2.75, 3.05) is 18.5 Å². The molecule has 0 saturated heterocycles. The SMILES string of the molecule is CCOC(=O)CNc1n[nH]c2ccc(C(F)(F)F)cc12. The van der Waals surface area contributed by atoms with E-state index in [2.05, 4.69) is 15.5 Å². The summed E-state index contributed by atoms with van der Waals surface area (Å²) in [5.74, 6) is -0.324. The van der Waals surface area contributed by atoms with Crippen LogP contribution in [0.5, 0.6) is 0 Å². The first-order valence-electron chi connectivity index (χ1n) is 5.86. The standard InChI is InChI=1S/C12H12F3N3O2/c1-2-20-10(19)6-16-11-8-5-7(12(13,14)15)3-4-9(8)17-18-11/h3-5H,2,6H2,1H3,(H2,16,17,18). The third-order valence-corrected chi connectivity index (χ3v) is 2.60. The number of H-pyrrole nitrogens is 1. The van der Waals surface area contributed by atoms with Crippen molar-refractivity contribution in [3.8, 4) is 0 Å². The van der Waals surface area contributed by atoms with E-state index >= 15 is 0 Å².